The van der Waals surface area contributed by atoms with Crippen molar-refractivity contribution in [3.8, 4) is 17.2 Å². The van der Waals surface area contributed by atoms with Crippen molar-refractivity contribution < 1.29 is 19.4 Å². The van der Waals surface area contributed by atoms with Crippen LogP contribution in [-0.4, -0.2) is 41.7 Å². The Labute approximate surface area is 212 Å². The van der Waals surface area contributed by atoms with Crippen molar-refractivity contribution in [1.29, 1.82) is 0 Å². The van der Waals surface area contributed by atoms with Gasteiger partial charge in [0.1, 0.15) is 11.8 Å². The summed E-state index contributed by atoms with van der Waals surface area (Å²) >= 11 is 0. The summed E-state index contributed by atoms with van der Waals surface area (Å²) in [6, 6.07) is 22.6. The number of phenols is 1. The molecule has 3 aromatic carbocycles. The summed E-state index contributed by atoms with van der Waals surface area (Å²) in [7, 11) is 0. The van der Waals surface area contributed by atoms with Gasteiger partial charge in [0.05, 0.1) is 25.3 Å². The molecule has 3 N–H and O–H groups in total. The molecule has 4 unspecified atom stereocenters. The quantitative estimate of drug-likeness (QED) is 0.421. The van der Waals surface area contributed by atoms with E-state index in [1.54, 1.807) is 6.07 Å². The first-order valence-corrected chi connectivity index (χ1v) is 12.6. The van der Waals surface area contributed by atoms with Crippen LogP contribution in [0.1, 0.15) is 42.6 Å². The van der Waals surface area contributed by atoms with E-state index in [9.17, 15) is 9.90 Å². The standard InChI is InChI=1S/C29H33N3O4/c1-3-35-23-15-14-20(18-24(23)36-4-2)28-25-26(21-12-8-9-13-22(21)33)30-31-27(25)29(34)32(28)17-16-19-10-6-5-7-11-19/h5-15,18,25-28,30-31,33H,3-4,16-17H2,1-2H3. The SMILES string of the molecule is CCOc1ccc(C2C3C(NNC3c3ccccc3O)C(=O)N2CCc2ccccc2)cc1OCC. The molecule has 0 spiro atoms. The zero-order chi connectivity index (χ0) is 25.1. The molecule has 4 atom stereocenters. The lowest BCUT2D eigenvalue weighted by Crippen LogP contribution is -2.42. The molecule has 1 amide bonds. The second-order valence-corrected chi connectivity index (χ2v) is 9.16. The molecule has 188 valence electrons. The summed E-state index contributed by atoms with van der Waals surface area (Å²) in [5.41, 5.74) is 9.48. The first-order chi connectivity index (χ1) is 17.6. The van der Waals surface area contributed by atoms with Gasteiger partial charge in [0, 0.05) is 18.0 Å². The lowest BCUT2D eigenvalue weighted by atomic mass is 9.83. The topological polar surface area (TPSA) is 83.1 Å². The number of hydrogen-bond acceptors (Lipinski definition) is 6. The lowest BCUT2D eigenvalue weighted by molar-refractivity contribution is -0.130. The van der Waals surface area contributed by atoms with Crippen LogP contribution in [0.3, 0.4) is 0 Å². The molecule has 5 rings (SSSR count). The number of nitrogens with zero attached hydrogens (tertiary/aromatic N) is 1. The van der Waals surface area contributed by atoms with E-state index in [1.165, 1.54) is 5.56 Å². The third-order valence-corrected chi connectivity index (χ3v) is 7.08. The highest BCUT2D eigenvalue weighted by atomic mass is 16.5. The maximum atomic E-state index is 13.7. The molecule has 2 heterocycles. The number of hydrazine groups is 1. The van der Waals surface area contributed by atoms with Gasteiger partial charge in [-0.15, -0.1) is 0 Å². The summed E-state index contributed by atoms with van der Waals surface area (Å²) < 4.78 is 11.7. The van der Waals surface area contributed by atoms with Gasteiger partial charge in [0.25, 0.3) is 0 Å². The highest BCUT2D eigenvalue weighted by Gasteiger charge is 2.55. The fraction of sp³-hybridized carbons (Fsp3) is 0.345. The molecule has 2 fully saturated rings. The van der Waals surface area contributed by atoms with Crippen LogP contribution in [0, 0.1) is 5.92 Å². The number of fused-ring (bicyclic) bond motifs is 1. The van der Waals surface area contributed by atoms with E-state index < -0.39 is 6.04 Å². The Morgan fingerprint density at radius 1 is 0.861 bits per heavy atom. The molecule has 2 aliphatic rings. The minimum absolute atomic E-state index is 0.0539. The van der Waals surface area contributed by atoms with E-state index in [0.29, 0.717) is 31.3 Å². The third kappa shape index (κ3) is 4.52. The van der Waals surface area contributed by atoms with Crippen molar-refractivity contribution in [1.82, 2.24) is 15.8 Å². The smallest absolute Gasteiger partial charge is 0.242 e. The van der Waals surface area contributed by atoms with Gasteiger partial charge in [0.2, 0.25) is 5.91 Å². The van der Waals surface area contributed by atoms with Crippen molar-refractivity contribution in [2.45, 2.75) is 38.4 Å². The number of benzene rings is 3. The van der Waals surface area contributed by atoms with Crippen molar-refractivity contribution in [2.75, 3.05) is 19.8 Å². The Kier molecular flexibility index (Phi) is 7.11. The molecule has 0 bridgehead atoms. The fourth-order valence-electron chi connectivity index (χ4n) is 5.51. The van der Waals surface area contributed by atoms with Crippen LogP contribution in [-0.2, 0) is 11.2 Å². The molecule has 0 aromatic heterocycles. The van der Waals surface area contributed by atoms with Crippen molar-refractivity contribution in [2.24, 2.45) is 5.92 Å². The summed E-state index contributed by atoms with van der Waals surface area (Å²) in [5.74, 6) is 1.51. The average molecular weight is 488 g/mol. The molecular weight excluding hydrogens is 454 g/mol. The number of carbonyl (C=O) groups is 1. The fourth-order valence-corrected chi connectivity index (χ4v) is 5.51. The Hall–Kier alpha value is -3.55. The van der Waals surface area contributed by atoms with Crippen LogP contribution < -0.4 is 20.3 Å². The minimum atomic E-state index is -0.405. The maximum absolute atomic E-state index is 13.7. The Balaban J connectivity index is 1.55. The normalized spacial score (nSPS) is 23.1. The molecule has 0 saturated carbocycles. The minimum Gasteiger partial charge on any atom is -0.508 e. The van der Waals surface area contributed by atoms with Gasteiger partial charge in [0.15, 0.2) is 11.5 Å². The van der Waals surface area contributed by atoms with E-state index in [4.69, 9.17) is 9.47 Å². The molecule has 3 aromatic rings. The van der Waals surface area contributed by atoms with Gasteiger partial charge in [-0.1, -0.05) is 54.6 Å². The number of rotatable bonds is 9. The van der Waals surface area contributed by atoms with Crippen molar-refractivity contribution in [3.63, 3.8) is 0 Å². The van der Waals surface area contributed by atoms with Crippen LogP contribution in [0.4, 0.5) is 0 Å². The van der Waals surface area contributed by atoms with E-state index in [0.717, 1.165) is 17.5 Å². The Morgan fingerprint density at radius 3 is 2.31 bits per heavy atom. The molecule has 2 aliphatic heterocycles. The van der Waals surface area contributed by atoms with Crippen LogP contribution in [0.25, 0.3) is 0 Å². The number of likely N-dealkylation sites (tertiary alicyclic amines) is 1. The van der Waals surface area contributed by atoms with Gasteiger partial charge in [-0.05, 0) is 49.6 Å². The molecule has 36 heavy (non-hydrogen) atoms. The maximum Gasteiger partial charge on any atom is 0.242 e. The zero-order valence-corrected chi connectivity index (χ0v) is 20.7. The Morgan fingerprint density at radius 2 is 1.56 bits per heavy atom. The number of phenolic OH excluding ortho intramolecular Hbond substituents is 1. The van der Waals surface area contributed by atoms with Crippen LogP contribution in [0.2, 0.25) is 0 Å². The van der Waals surface area contributed by atoms with Crippen LogP contribution in [0.15, 0.2) is 72.8 Å². The predicted octanol–water partition coefficient (Wildman–Crippen LogP) is 4.15. The van der Waals surface area contributed by atoms with E-state index in [-0.39, 0.29) is 29.7 Å². The third-order valence-electron chi connectivity index (χ3n) is 7.08. The van der Waals surface area contributed by atoms with Crippen LogP contribution >= 0.6 is 0 Å². The monoisotopic (exact) mass is 487 g/mol. The molecule has 0 radical (unpaired) electrons. The van der Waals surface area contributed by atoms with Gasteiger partial charge in [-0.25, -0.2) is 10.9 Å². The van der Waals surface area contributed by atoms with E-state index in [2.05, 4.69) is 23.0 Å². The van der Waals surface area contributed by atoms with Crippen LogP contribution in [0.5, 0.6) is 17.2 Å². The number of ether oxygens (including phenoxy) is 2. The lowest BCUT2D eigenvalue weighted by Gasteiger charge is -2.32. The molecular formula is C29H33N3O4. The summed E-state index contributed by atoms with van der Waals surface area (Å²) in [6.07, 6.45) is 0.756. The summed E-state index contributed by atoms with van der Waals surface area (Å²) in [4.78, 5) is 15.7. The number of nitrogens with one attached hydrogen (secondary N) is 2. The van der Waals surface area contributed by atoms with Gasteiger partial charge in [-0.3, -0.25) is 4.79 Å². The molecule has 0 aliphatic carbocycles. The van der Waals surface area contributed by atoms with Crippen molar-refractivity contribution in [3.05, 3.63) is 89.5 Å². The van der Waals surface area contributed by atoms with Gasteiger partial charge >= 0.3 is 0 Å². The molecule has 7 nitrogen and oxygen atoms in total. The molecule has 2 saturated heterocycles. The second kappa shape index (κ2) is 10.6. The van der Waals surface area contributed by atoms with E-state index >= 15 is 0 Å². The highest BCUT2D eigenvalue weighted by molar-refractivity contribution is 5.86. The van der Waals surface area contributed by atoms with Gasteiger partial charge in [-0.2, -0.15) is 0 Å². The zero-order valence-electron chi connectivity index (χ0n) is 20.7. The first-order valence-electron chi connectivity index (χ1n) is 12.6. The summed E-state index contributed by atoms with van der Waals surface area (Å²) in [6.45, 7) is 5.54. The number of para-hydroxylation sites is 1. The first kappa shape index (κ1) is 24.2. The highest BCUT2D eigenvalue weighted by Crippen LogP contribution is 2.49. The Bertz CT molecular complexity index is 1200. The largest absolute Gasteiger partial charge is 0.508 e. The van der Waals surface area contributed by atoms with Gasteiger partial charge < -0.3 is 19.5 Å². The number of aromatic hydroxyl groups is 1. The second-order valence-electron chi connectivity index (χ2n) is 9.16. The predicted molar refractivity (Wildman–Crippen MR) is 138 cm³/mol. The number of hydrogen-bond donors (Lipinski definition) is 3. The van der Waals surface area contributed by atoms with Crippen molar-refractivity contribution >= 4 is 5.91 Å². The number of amides is 1. The number of carbonyl (C=O) groups excluding carboxylic acids is 1. The summed E-state index contributed by atoms with van der Waals surface area (Å²) in [5, 5.41) is 10.6. The average Bonchev–Trinajstić information content (AvgIpc) is 3.44. The van der Waals surface area contributed by atoms with E-state index in [1.807, 2.05) is 73.3 Å². The molecule has 7 heteroatoms.